The molecule has 1 aliphatic heterocycles. The van der Waals surface area contributed by atoms with Gasteiger partial charge < -0.3 is 9.47 Å². The van der Waals surface area contributed by atoms with Gasteiger partial charge in [0.05, 0.1) is 0 Å². The van der Waals surface area contributed by atoms with E-state index in [-0.39, 0.29) is 11.8 Å². The fraction of sp³-hybridized carbons (Fsp3) is 0.650. The molecular formula is C20H29N5O. The lowest BCUT2D eigenvalue weighted by atomic mass is 10.0. The number of fused-ring (bicyclic) bond motifs is 1. The van der Waals surface area contributed by atoms with Gasteiger partial charge in [-0.05, 0) is 32.6 Å². The van der Waals surface area contributed by atoms with E-state index in [2.05, 4.69) is 23.1 Å². The van der Waals surface area contributed by atoms with Gasteiger partial charge in [-0.1, -0.05) is 13.8 Å². The van der Waals surface area contributed by atoms with Crippen molar-refractivity contribution in [1.29, 1.82) is 0 Å². The van der Waals surface area contributed by atoms with Gasteiger partial charge in [-0.25, -0.2) is 4.98 Å². The van der Waals surface area contributed by atoms with Gasteiger partial charge in [0, 0.05) is 61.7 Å². The van der Waals surface area contributed by atoms with Crippen molar-refractivity contribution < 1.29 is 4.79 Å². The lowest BCUT2D eigenvalue weighted by molar-refractivity contribution is -0.135. The summed E-state index contributed by atoms with van der Waals surface area (Å²) in [6.07, 6.45) is 5.45. The number of aromatic nitrogens is 4. The second kappa shape index (κ2) is 6.56. The molecule has 140 valence electrons. The van der Waals surface area contributed by atoms with Gasteiger partial charge >= 0.3 is 0 Å². The van der Waals surface area contributed by atoms with E-state index < -0.39 is 0 Å². The van der Waals surface area contributed by atoms with Crippen LogP contribution >= 0.6 is 0 Å². The zero-order valence-electron chi connectivity index (χ0n) is 16.3. The van der Waals surface area contributed by atoms with Crippen LogP contribution in [0.25, 0.3) is 11.5 Å². The van der Waals surface area contributed by atoms with Crippen molar-refractivity contribution in [3.63, 3.8) is 0 Å². The molecule has 0 unspecified atom stereocenters. The fourth-order valence-electron chi connectivity index (χ4n) is 3.92. The van der Waals surface area contributed by atoms with E-state index in [1.807, 2.05) is 24.9 Å². The van der Waals surface area contributed by atoms with E-state index in [1.165, 1.54) is 29.8 Å². The molecule has 1 aliphatic carbocycles. The maximum atomic E-state index is 12.5. The third-order valence-electron chi connectivity index (χ3n) is 5.64. The summed E-state index contributed by atoms with van der Waals surface area (Å²) in [6.45, 7) is 11.5. The van der Waals surface area contributed by atoms with Crippen LogP contribution in [0.2, 0.25) is 0 Å². The Morgan fingerprint density at radius 1 is 1.35 bits per heavy atom. The summed E-state index contributed by atoms with van der Waals surface area (Å²) in [5, 5.41) is 4.92. The van der Waals surface area contributed by atoms with Crippen molar-refractivity contribution in [3.05, 3.63) is 23.1 Å². The van der Waals surface area contributed by atoms with Gasteiger partial charge in [-0.3, -0.25) is 9.48 Å². The zero-order chi connectivity index (χ0) is 18.4. The highest BCUT2D eigenvalue weighted by atomic mass is 16.2. The second-order valence-electron chi connectivity index (χ2n) is 8.03. The van der Waals surface area contributed by atoms with E-state index >= 15 is 0 Å². The number of hydrogen-bond acceptors (Lipinski definition) is 3. The minimum Gasteiger partial charge on any atom is -0.338 e. The number of nitrogens with zero attached hydrogens (tertiary/aromatic N) is 5. The molecule has 2 aliphatic rings. The van der Waals surface area contributed by atoms with Crippen LogP contribution in [0.15, 0.2) is 6.20 Å². The van der Waals surface area contributed by atoms with E-state index in [1.54, 1.807) is 0 Å². The van der Waals surface area contributed by atoms with Crippen LogP contribution in [-0.2, 0) is 30.8 Å². The van der Waals surface area contributed by atoms with E-state index in [9.17, 15) is 4.79 Å². The highest BCUT2D eigenvalue weighted by molar-refractivity contribution is 5.78. The first-order valence-electron chi connectivity index (χ1n) is 9.89. The minimum absolute atomic E-state index is 0.0281. The van der Waals surface area contributed by atoms with Gasteiger partial charge in [-0.2, -0.15) is 5.10 Å². The Morgan fingerprint density at radius 3 is 2.77 bits per heavy atom. The number of imidazole rings is 1. The van der Waals surface area contributed by atoms with Crippen LogP contribution in [-0.4, -0.2) is 36.7 Å². The van der Waals surface area contributed by atoms with Crippen LogP contribution in [0.4, 0.5) is 0 Å². The van der Waals surface area contributed by atoms with Gasteiger partial charge in [0.2, 0.25) is 5.91 Å². The number of aryl methyl sites for hydroxylation is 2. The molecule has 0 spiro atoms. The summed E-state index contributed by atoms with van der Waals surface area (Å²) in [7, 11) is 0. The van der Waals surface area contributed by atoms with Gasteiger partial charge in [0.1, 0.15) is 5.69 Å². The van der Waals surface area contributed by atoms with Crippen molar-refractivity contribution in [3.8, 4) is 11.5 Å². The molecule has 1 amide bonds. The SMILES string of the molecule is CCn1nc(-c2ncc(C)n2CC2CC2)c2c1CCN(C(=O)C(C)C)C2. The quantitative estimate of drug-likeness (QED) is 0.828. The fourth-order valence-corrected chi connectivity index (χ4v) is 3.92. The lowest BCUT2D eigenvalue weighted by Crippen LogP contribution is -2.38. The van der Waals surface area contributed by atoms with Gasteiger partial charge in [-0.15, -0.1) is 0 Å². The molecule has 3 heterocycles. The normalized spacial score (nSPS) is 17.0. The van der Waals surface area contributed by atoms with Crippen LogP contribution in [0, 0.1) is 18.8 Å². The predicted octanol–water partition coefficient (Wildman–Crippen LogP) is 3.03. The van der Waals surface area contributed by atoms with Crippen LogP contribution in [0.1, 0.15) is 50.6 Å². The van der Waals surface area contributed by atoms with Crippen LogP contribution in [0.3, 0.4) is 0 Å². The van der Waals surface area contributed by atoms with E-state index in [0.29, 0.717) is 6.54 Å². The standard InChI is InChI=1S/C20H29N5O/c1-5-25-17-8-9-23(20(26)13(2)3)12-16(17)18(22-25)19-21-10-14(4)24(19)11-15-6-7-15/h10,13,15H,5-9,11-12H2,1-4H3. The molecule has 26 heavy (non-hydrogen) atoms. The molecule has 0 atom stereocenters. The van der Waals surface area contributed by atoms with Crippen LogP contribution < -0.4 is 0 Å². The first-order valence-corrected chi connectivity index (χ1v) is 9.89. The molecular weight excluding hydrogens is 326 g/mol. The molecule has 0 saturated heterocycles. The summed E-state index contributed by atoms with van der Waals surface area (Å²) in [6, 6.07) is 0. The average Bonchev–Trinajstić information content (AvgIpc) is 3.29. The Kier molecular flexibility index (Phi) is 4.37. The Hall–Kier alpha value is -2.11. The summed E-state index contributed by atoms with van der Waals surface area (Å²) in [4.78, 5) is 19.2. The third kappa shape index (κ3) is 2.95. The van der Waals surface area contributed by atoms with Crippen LogP contribution in [0.5, 0.6) is 0 Å². The molecule has 0 radical (unpaired) electrons. The lowest BCUT2D eigenvalue weighted by Gasteiger charge is -2.29. The zero-order valence-corrected chi connectivity index (χ0v) is 16.3. The molecule has 2 aromatic heterocycles. The maximum absolute atomic E-state index is 12.5. The first kappa shape index (κ1) is 17.3. The average molecular weight is 355 g/mol. The highest BCUT2D eigenvalue weighted by Gasteiger charge is 2.31. The Bertz CT molecular complexity index is 828. The number of carbonyl (C=O) groups is 1. The molecule has 6 nitrogen and oxygen atoms in total. The molecule has 1 saturated carbocycles. The molecule has 2 aromatic rings. The number of amides is 1. The first-order chi connectivity index (χ1) is 12.5. The minimum atomic E-state index is 0.0281. The number of rotatable bonds is 5. The van der Waals surface area contributed by atoms with Crippen molar-refractivity contribution in [2.45, 2.75) is 66.6 Å². The predicted molar refractivity (Wildman–Crippen MR) is 101 cm³/mol. The highest BCUT2D eigenvalue weighted by Crippen LogP contribution is 2.35. The number of hydrogen-bond donors (Lipinski definition) is 0. The topological polar surface area (TPSA) is 56.0 Å². The van der Waals surface area contributed by atoms with Crippen molar-refractivity contribution in [2.24, 2.45) is 11.8 Å². The summed E-state index contributed by atoms with van der Waals surface area (Å²) in [5.41, 5.74) is 4.62. The Morgan fingerprint density at radius 2 is 2.12 bits per heavy atom. The smallest absolute Gasteiger partial charge is 0.225 e. The van der Waals surface area contributed by atoms with E-state index in [4.69, 9.17) is 10.1 Å². The van der Waals surface area contributed by atoms with Crippen molar-refractivity contribution in [2.75, 3.05) is 6.54 Å². The monoisotopic (exact) mass is 355 g/mol. The largest absolute Gasteiger partial charge is 0.338 e. The molecule has 0 bridgehead atoms. The third-order valence-corrected chi connectivity index (χ3v) is 5.64. The summed E-state index contributed by atoms with van der Waals surface area (Å²) >= 11 is 0. The Balaban J connectivity index is 1.74. The second-order valence-corrected chi connectivity index (χ2v) is 8.03. The molecule has 0 aromatic carbocycles. The summed E-state index contributed by atoms with van der Waals surface area (Å²) in [5.74, 6) is 2.00. The molecule has 0 N–H and O–H groups in total. The van der Waals surface area contributed by atoms with E-state index in [0.717, 1.165) is 43.5 Å². The summed E-state index contributed by atoms with van der Waals surface area (Å²) < 4.78 is 4.43. The van der Waals surface area contributed by atoms with Gasteiger partial charge in [0.15, 0.2) is 5.82 Å². The van der Waals surface area contributed by atoms with Crippen molar-refractivity contribution in [1.82, 2.24) is 24.2 Å². The van der Waals surface area contributed by atoms with Crippen molar-refractivity contribution >= 4 is 5.91 Å². The molecule has 6 heteroatoms. The molecule has 1 fully saturated rings. The van der Waals surface area contributed by atoms with Gasteiger partial charge in [0.25, 0.3) is 0 Å². The maximum Gasteiger partial charge on any atom is 0.225 e. The molecule has 4 rings (SSSR count). The Labute approximate surface area is 155 Å². The number of carbonyl (C=O) groups excluding carboxylic acids is 1.